The fourth-order valence-corrected chi connectivity index (χ4v) is 2.45. The third-order valence-corrected chi connectivity index (χ3v) is 3.44. The van der Waals surface area contributed by atoms with Crippen LogP contribution < -0.4 is 10.9 Å². The first-order chi connectivity index (χ1) is 9.53. The first-order valence-electron chi connectivity index (χ1n) is 5.60. The molecule has 0 spiro atoms. The molecule has 0 amide bonds. The van der Waals surface area contributed by atoms with Crippen molar-refractivity contribution in [2.24, 2.45) is 4.99 Å². The Kier molecular flexibility index (Phi) is 3.79. The number of anilines is 1. The Bertz CT molecular complexity index is 749. The molecule has 0 fully saturated rings. The van der Waals surface area contributed by atoms with Crippen LogP contribution in [0.1, 0.15) is 0 Å². The third-order valence-electron chi connectivity index (χ3n) is 2.70. The summed E-state index contributed by atoms with van der Waals surface area (Å²) in [5.74, 6) is -0.308. The van der Waals surface area contributed by atoms with Crippen molar-refractivity contribution in [3.8, 4) is 0 Å². The molecule has 20 heavy (non-hydrogen) atoms. The molecular formula is C11H13N5O3S. The highest BCUT2D eigenvalue weighted by Gasteiger charge is 2.17. The van der Waals surface area contributed by atoms with Gasteiger partial charge in [-0.2, -0.15) is 0 Å². The average molecular weight is 295 g/mol. The van der Waals surface area contributed by atoms with Crippen LogP contribution in [0.15, 0.2) is 20.7 Å². The van der Waals surface area contributed by atoms with Crippen molar-refractivity contribution < 1.29 is 9.90 Å². The van der Waals surface area contributed by atoms with Gasteiger partial charge in [-0.1, -0.05) is 0 Å². The molecule has 0 aliphatic rings. The lowest BCUT2D eigenvalue weighted by molar-refractivity contribution is -0.137. The molecular weight excluding hydrogens is 282 g/mol. The maximum Gasteiger partial charge on any atom is 0.325 e. The van der Waals surface area contributed by atoms with E-state index >= 15 is 0 Å². The summed E-state index contributed by atoms with van der Waals surface area (Å²) >= 11 is 1.42. The summed E-state index contributed by atoms with van der Waals surface area (Å²) in [6, 6.07) is 1.65. The maximum absolute atomic E-state index is 12.2. The SMILES string of the molecule is C=Nc1c(SC)cc2c(=O)n(CC(=O)O)nc(NC)n12. The first-order valence-corrected chi connectivity index (χ1v) is 6.82. The van der Waals surface area contributed by atoms with Crippen LogP contribution in [0, 0.1) is 0 Å². The normalized spacial score (nSPS) is 10.7. The van der Waals surface area contributed by atoms with Crippen LogP contribution in [0.4, 0.5) is 11.8 Å². The molecule has 2 aromatic rings. The third kappa shape index (κ3) is 2.16. The zero-order valence-corrected chi connectivity index (χ0v) is 11.8. The molecule has 0 bridgehead atoms. The molecule has 0 unspecified atom stereocenters. The number of carboxylic acid groups (broad SMARTS) is 1. The number of nitrogens with one attached hydrogen (secondary N) is 1. The lowest BCUT2D eigenvalue weighted by Gasteiger charge is -2.09. The van der Waals surface area contributed by atoms with Gasteiger partial charge in [0, 0.05) is 7.05 Å². The molecule has 0 atom stereocenters. The fourth-order valence-electron chi connectivity index (χ4n) is 1.88. The molecule has 8 nitrogen and oxygen atoms in total. The molecule has 0 saturated heterocycles. The van der Waals surface area contributed by atoms with E-state index in [1.165, 1.54) is 16.2 Å². The standard InChI is InChI=1S/C11H13N5O3S/c1-12-9-7(20-3)4-6-10(19)15(5-8(17)18)14-11(13-2)16(6)9/h4H,1,5H2,2-3H3,(H,13,14)(H,17,18). The molecule has 9 heteroatoms. The number of thioether (sulfide) groups is 1. The van der Waals surface area contributed by atoms with Crippen molar-refractivity contribution in [1.29, 1.82) is 0 Å². The largest absolute Gasteiger partial charge is 0.480 e. The minimum atomic E-state index is -1.13. The fraction of sp³-hybridized carbons (Fsp3) is 0.273. The van der Waals surface area contributed by atoms with Gasteiger partial charge < -0.3 is 10.4 Å². The van der Waals surface area contributed by atoms with E-state index in [4.69, 9.17) is 5.11 Å². The van der Waals surface area contributed by atoms with Crippen LogP contribution in [0.5, 0.6) is 0 Å². The van der Waals surface area contributed by atoms with Gasteiger partial charge in [-0.05, 0) is 19.0 Å². The van der Waals surface area contributed by atoms with Crippen molar-refractivity contribution in [1.82, 2.24) is 14.2 Å². The summed E-state index contributed by atoms with van der Waals surface area (Å²) in [6.45, 7) is 3.00. The van der Waals surface area contributed by atoms with Crippen LogP contribution >= 0.6 is 11.8 Å². The summed E-state index contributed by atoms with van der Waals surface area (Å²) in [5.41, 5.74) is -0.186. The van der Waals surface area contributed by atoms with E-state index in [0.717, 1.165) is 9.58 Å². The van der Waals surface area contributed by atoms with Crippen molar-refractivity contribution in [3.63, 3.8) is 0 Å². The summed E-state index contributed by atoms with van der Waals surface area (Å²) in [6.07, 6.45) is 1.85. The molecule has 2 N–H and O–H groups in total. The zero-order chi connectivity index (χ0) is 14.9. The maximum atomic E-state index is 12.2. The Morgan fingerprint density at radius 1 is 1.65 bits per heavy atom. The number of nitrogens with zero attached hydrogens (tertiary/aromatic N) is 4. The van der Waals surface area contributed by atoms with E-state index in [0.29, 0.717) is 17.3 Å². The van der Waals surface area contributed by atoms with Crippen LogP contribution in [-0.2, 0) is 11.3 Å². The van der Waals surface area contributed by atoms with Gasteiger partial charge in [-0.3, -0.25) is 14.0 Å². The molecule has 2 heterocycles. The lowest BCUT2D eigenvalue weighted by Crippen LogP contribution is -2.29. The number of aliphatic imine (C=N–C) groups is 1. The number of fused-ring (bicyclic) bond motifs is 1. The second-order valence-corrected chi connectivity index (χ2v) is 4.69. The van der Waals surface area contributed by atoms with E-state index in [-0.39, 0.29) is 0 Å². The second-order valence-electron chi connectivity index (χ2n) is 3.85. The number of carboxylic acids is 1. The molecule has 106 valence electrons. The summed E-state index contributed by atoms with van der Waals surface area (Å²) in [7, 11) is 1.63. The van der Waals surface area contributed by atoms with Gasteiger partial charge in [-0.15, -0.1) is 16.9 Å². The van der Waals surface area contributed by atoms with E-state index in [1.54, 1.807) is 13.1 Å². The van der Waals surface area contributed by atoms with Gasteiger partial charge in [0.2, 0.25) is 5.95 Å². The van der Waals surface area contributed by atoms with Crippen molar-refractivity contribution in [2.75, 3.05) is 18.6 Å². The van der Waals surface area contributed by atoms with Crippen LogP contribution in [0.25, 0.3) is 5.52 Å². The van der Waals surface area contributed by atoms with E-state index in [1.807, 2.05) is 6.26 Å². The zero-order valence-electron chi connectivity index (χ0n) is 11.0. The Hall–Kier alpha value is -2.29. The number of rotatable bonds is 5. The number of hydrogen-bond donors (Lipinski definition) is 2. The minimum Gasteiger partial charge on any atom is -0.480 e. The summed E-state index contributed by atoms with van der Waals surface area (Å²) in [5, 5.41) is 15.6. The lowest BCUT2D eigenvalue weighted by atomic mass is 10.5. The molecule has 0 aliphatic carbocycles. The Morgan fingerprint density at radius 3 is 2.85 bits per heavy atom. The highest BCUT2D eigenvalue weighted by atomic mass is 32.2. The monoisotopic (exact) mass is 295 g/mol. The van der Waals surface area contributed by atoms with E-state index in [9.17, 15) is 9.59 Å². The summed E-state index contributed by atoms with van der Waals surface area (Å²) in [4.78, 5) is 27.7. The van der Waals surface area contributed by atoms with E-state index in [2.05, 4.69) is 22.1 Å². The van der Waals surface area contributed by atoms with Gasteiger partial charge in [0.25, 0.3) is 5.56 Å². The van der Waals surface area contributed by atoms with Crippen molar-refractivity contribution in [3.05, 3.63) is 16.4 Å². The number of carbonyl (C=O) groups is 1. The molecule has 0 aliphatic heterocycles. The predicted molar refractivity (Wildman–Crippen MR) is 77.6 cm³/mol. The van der Waals surface area contributed by atoms with E-state index < -0.39 is 18.1 Å². The Balaban J connectivity index is 2.86. The molecule has 2 aromatic heterocycles. The van der Waals surface area contributed by atoms with Crippen molar-refractivity contribution >= 4 is 41.7 Å². The number of aromatic nitrogens is 3. The highest BCUT2D eigenvalue weighted by molar-refractivity contribution is 7.98. The average Bonchev–Trinajstić information content (AvgIpc) is 2.80. The predicted octanol–water partition coefficient (Wildman–Crippen LogP) is 0.676. The molecule has 2 rings (SSSR count). The van der Waals surface area contributed by atoms with Crippen molar-refractivity contribution in [2.45, 2.75) is 11.4 Å². The minimum absolute atomic E-state index is 0.303. The van der Waals surface area contributed by atoms with Gasteiger partial charge in [-0.25, -0.2) is 9.67 Å². The second kappa shape index (κ2) is 5.37. The van der Waals surface area contributed by atoms with Gasteiger partial charge in [0.1, 0.15) is 12.1 Å². The van der Waals surface area contributed by atoms with Gasteiger partial charge in [0.15, 0.2) is 5.82 Å². The van der Waals surface area contributed by atoms with Gasteiger partial charge >= 0.3 is 5.97 Å². The quantitative estimate of drug-likeness (QED) is 0.621. The first kappa shape index (κ1) is 14.1. The molecule has 0 aromatic carbocycles. The molecule has 0 radical (unpaired) electrons. The van der Waals surface area contributed by atoms with Crippen LogP contribution in [-0.4, -0.2) is 45.3 Å². The van der Waals surface area contributed by atoms with Crippen LogP contribution in [0.2, 0.25) is 0 Å². The Morgan fingerprint density at radius 2 is 2.35 bits per heavy atom. The van der Waals surface area contributed by atoms with Gasteiger partial charge in [0.05, 0.1) is 4.90 Å². The smallest absolute Gasteiger partial charge is 0.325 e. The summed E-state index contributed by atoms with van der Waals surface area (Å²) < 4.78 is 2.43. The number of aliphatic carboxylic acids is 1. The molecule has 0 saturated carbocycles. The number of hydrogen-bond acceptors (Lipinski definition) is 6. The Labute approximate surface area is 118 Å². The highest BCUT2D eigenvalue weighted by Crippen LogP contribution is 2.32. The topological polar surface area (TPSA) is 101 Å². The van der Waals surface area contributed by atoms with Crippen LogP contribution in [0.3, 0.4) is 0 Å².